The van der Waals surface area contributed by atoms with Gasteiger partial charge in [-0.25, -0.2) is 13.6 Å². The summed E-state index contributed by atoms with van der Waals surface area (Å²) in [4.78, 5) is 39.2. The molecule has 176 valence electrons. The van der Waals surface area contributed by atoms with Crippen molar-refractivity contribution < 1.29 is 27.5 Å². The topological polar surface area (TPSA) is 136 Å². The van der Waals surface area contributed by atoms with Crippen LogP contribution < -0.4 is 10.5 Å². The van der Waals surface area contributed by atoms with Crippen LogP contribution in [0.1, 0.15) is 30.1 Å². The zero-order chi connectivity index (χ0) is 24.2. The number of ether oxygens (including phenoxy) is 1. The summed E-state index contributed by atoms with van der Waals surface area (Å²) < 4.78 is 27.9. The molecule has 0 saturated carbocycles. The van der Waals surface area contributed by atoms with Crippen LogP contribution in [-0.2, 0) is 24.3 Å². The van der Waals surface area contributed by atoms with E-state index < -0.39 is 33.9 Å². The van der Waals surface area contributed by atoms with Crippen LogP contribution in [0.15, 0.2) is 53.4 Å². The summed E-state index contributed by atoms with van der Waals surface area (Å²) in [6.45, 7) is 2.16. The highest BCUT2D eigenvalue weighted by atomic mass is 35.5. The summed E-state index contributed by atoms with van der Waals surface area (Å²) in [5.74, 6) is -1.87. The van der Waals surface area contributed by atoms with Gasteiger partial charge in [0, 0.05) is 29.4 Å². The number of esters is 1. The quantitative estimate of drug-likeness (QED) is 0.593. The fourth-order valence-electron chi connectivity index (χ4n) is 3.42. The van der Waals surface area contributed by atoms with Gasteiger partial charge < -0.3 is 15.0 Å². The molecule has 0 radical (unpaired) electrons. The lowest BCUT2D eigenvalue weighted by molar-refractivity contribution is -0.158. The van der Waals surface area contributed by atoms with E-state index in [-0.39, 0.29) is 17.3 Å². The highest BCUT2D eigenvalue weighted by Crippen LogP contribution is 2.21. The molecule has 2 aromatic carbocycles. The monoisotopic (exact) mass is 493 g/mol. The second-order valence-electron chi connectivity index (χ2n) is 7.73. The number of sulfonamides is 1. The highest BCUT2D eigenvalue weighted by molar-refractivity contribution is 7.89. The van der Waals surface area contributed by atoms with E-state index in [1.807, 2.05) is 0 Å². The van der Waals surface area contributed by atoms with Crippen LogP contribution in [0.2, 0.25) is 5.02 Å². The first-order valence-corrected chi connectivity index (χ1v) is 12.2. The molecule has 2 atom stereocenters. The first-order valence-electron chi connectivity index (χ1n) is 10.2. The number of rotatable bonds is 6. The number of nitrogens with one attached hydrogen (secondary N) is 1. The van der Waals surface area contributed by atoms with Crippen molar-refractivity contribution in [3.63, 3.8) is 0 Å². The van der Waals surface area contributed by atoms with Crippen LogP contribution in [0.4, 0.5) is 5.69 Å². The zero-order valence-electron chi connectivity index (χ0n) is 17.9. The molecule has 11 heteroatoms. The fourth-order valence-corrected chi connectivity index (χ4v) is 4.07. The van der Waals surface area contributed by atoms with E-state index in [1.165, 1.54) is 31.2 Å². The van der Waals surface area contributed by atoms with Crippen LogP contribution in [0.25, 0.3) is 0 Å². The number of nitrogens with two attached hydrogens (primary N) is 1. The van der Waals surface area contributed by atoms with Crippen molar-refractivity contribution in [3.8, 4) is 0 Å². The van der Waals surface area contributed by atoms with Crippen LogP contribution in [0.3, 0.4) is 0 Å². The number of halogens is 1. The Hall–Kier alpha value is -2.95. The highest BCUT2D eigenvalue weighted by Gasteiger charge is 2.31. The van der Waals surface area contributed by atoms with Crippen molar-refractivity contribution in [1.29, 1.82) is 0 Å². The average molecular weight is 494 g/mol. The summed E-state index contributed by atoms with van der Waals surface area (Å²) in [6, 6.07) is 11.8. The number of piperidine rings is 1. The Kier molecular flexibility index (Phi) is 7.72. The molecule has 9 nitrogen and oxygen atoms in total. The Morgan fingerprint density at radius 2 is 1.76 bits per heavy atom. The summed E-state index contributed by atoms with van der Waals surface area (Å²) in [7, 11) is -3.84. The lowest BCUT2D eigenvalue weighted by atomic mass is 9.97. The van der Waals surface area contributed by atoms with Gasteiger partial charge in [-0.15, -0.1) is 0 Å². The predicted molar refractivity (Wildman–Crippen MR) is 122 cm³/mol. The van der Waals surface area contributed by atoms with Crippen LogP contribution >= 0.6 is 11.6 Å². The minimum absolute atomic E-state index is 0.0880. The normalized spacial score (nSPS) is 17.2. The van der Waals surface area contributed by atoms with E-state index in [9.17, 15) is 22.8 Å². The lowest BCUT2D eigenvalue weighted by Crippen LogP contribution is -2.44. The molecule has 1 aliphatic heterocycles. The van der Waals surface area contributed by atoms with E-state index in [1.54, 1.807) is 29.2 Å². The first-order chi connectivity index (χ1) is 15.5. The van der Waals surface area contributed by atoms with Crippen molar-refractivity contribution >= 4 is 45.1 Å². The molecular formula is C22H24ClN3O6S. The zero-order valence-corrected chi connectivity index (χ0v) is 19.4. The van der Waals surface area contributed by atoms with E-state index >= 15 is 0 Å². The minimum Gasteiger partial charge on any atom is -0.452 e. The van der Waals surface area contributed by atoms with Gasteiger partial charge in [0.15, 0.2) is 6.10 Å². The molecule has 0 bridgehead atoms. The second kappa shape index (κ2) is 10.3. The number of anilines is 1. The summed E-state index contributed by atoms with van der Waals surface area (Å²) in [6.07, 6.45) is 0.0978. The van der Waals surface area contributed by atoms with Gasteiger partial charge in [0.25, 0.3) is 11.8 Å². The molecule has 0 aromatic heterocycles. The van der Waals surface area contributed by atoms with Crippen LogP contribution in [0.5, 0.6) is 0 Å². The maximum atomic E-state index is 12.7. The first kappa shape index (κ1) is 24.7. The number of benzene rings is 2. The average Bonchev–Trinajstić information content (AvgIpc) is 2.79. The van der Waals surface area contributed by atoms with Crippen molar-refractivity contribution in [1.82, 2.24) is 4.90 Å². The lowest BCUT2D eigenvalue weighted by Gasteiger charge is -2.32. The van der Waals surface area contributed by atoms with E-state index in [0.717, 1.165) is 0 Å². The van der Waals surface area contributed by atoms with Crippen molar-refractivity contribution in [2.45, 2.75) is 30.8 Å². The molecule has 1 aliphatic rings. The molecule has 33 heavy (non-hydrogen) atoms. The Bertz CT molecular complexity index is 1140. The molecule has 1 saturated heterocycles. The van der Waals surface area contributed by atoms with Crippen LogP contribution in [0, 0.1) is 5.92 Å². The molecule has 2 aromatic rings. The number of carbonyl (C=O) groups excluding carboxylic acids is 3. The third-order valence-corrected chi connectivity index (χ3v) is 6.43. The number of nitrogens with zero attached hydrogens (tertiary/aromatic N) is 1. The van der Waals surface area contributed by atoms with Gasteiger partial charge in [-0.05, 0) is 68.3 Å². The van der Waals surface area contributed by atoms with E-state index in [2.05, 4.69) is 5.32 Å². The number of carbonyl (C=O) groups is 3. The minimum atomic E-state index is -3.84. The summed E-state index contributed by atoms with van der Waals surface area (Å²) in [5, 5.41) is 8.13. The van der Waals surface area contributed by atoms with Crippen molar-refractivity contribution in [3.05, 3.63) is 59.1 Å². The number of amides is 2. The SMILES string of the molecule is C[C@@H](OC(=O)[C@@H]1CCCN(C(=O)c2ccc(Cl)cc2)C1)C(=O)Nc1ccc(S(N)(=O)=O)cc1. The van der Waals surface area contributed by atoms with E-state index in [0.29, 0.717) is 35.7 Å². The molecule has 1 fully saturated rings. The van der Waals surface area contributed by atoms with Gasteiger partial charge >= 0.3 is 5.97 Å². The third kappa shape index (κ3) is 6.53. The Morgan fingerprint density at radius 3 is 2.36 bits per heavy atom. The third-order valence-electron chi connectivity index (χ3n) is 5.25. The summed E-state index contributed by atoms with van der Waals surface area (Å²) >= 11 is 5.87. The van der Waals surface area contributed by atoms with Crippen molar-refractivity contribution in [2.75, 3.05) is 18.4 Å². The number of likely N-dealkylation sites (tertiary alicyclic amines) is 1. The van der Waals surface area contributed by atoms with Gasteiger partial charge in [-0.1, -0.05) is 11.6 Å². The van der Waals surface area contributed by atoms with Gasteiger partial charge in [0.2, 0.25) is 10.0 Å². The Morgan fingerprint density at radius 1 is 1.12 bits per heavy atom. The fraction of sp³-hybridized carbons (Fsp3) is 0.318. The number of hydrogen-bond donors (Lipinski definition) is 2. The van der Waals surface area contributed by atoms with Crippen molar-refractivity contribution in [2.24, 2.45) is 11.1 Å². The molecule has 2 amide bonds. The maximum Gasteiger partial charge on any atom is 0.311 e. The molecular weight excluding hydrogens is 470 g/mol. The Balaban J connectivity index is 1.55. The van der Waals surface area contributed by atoms with Gasteiger partial charge in [-0.3, -0.25) is 14.4 Å². The molecule has 0 unspecified atom stereocenters. The smallest absolute Gasteiger partial charge is 0.311 e. The van der Waals surface area contributed by atoms with E-state index in [4.69, 9.17) is 21.5 Å². The number of hydrogen-bond acceptors (Lipinski definition) is 6. The van der Waals surface area contributed by atoms with Gasteiger partial charge in [0.1, 0.15) is 0 Å². The molecule has 3 rings (SSSR count). The van der Waals surface area contributed by atoms with Gasteiger partial charge in [-0.2, -0.15) is 0 Å². The van der Waals surface area contributed by atoms with Crippen LogP contribution in [-0.4, -0.2) is 50.3 Å². The predicted octanol–water partition coefficient (Wildman–Crippen LogP) is 2.41. The summed E-state index contributed by atoms with van der Waals surface area (Å²) in [5.41, 5.74) is 0.808. The van der Waals surface area contributed by atoms with Gasteiger partial charge in [0.05, 0.1) is 10.8 Å². The second-order valence-corrected chi connectivity index (χ2v) is 9.73. The Labute approximate surface area is 196 Å². The standard InChI is InChI=1S/C22H24ClN3O6S/c1-14(20(27)25-18-8-10-19(11-9-18)33(24,30)31)32-22(29)16-3-2-12-26(13-16)21(28)15-4-6-17(23)7-5-15/h4-11,14,16H,2-3,12-13H2,1H3,(H,25,27)(H2,24,30,31)/t14-,16-/m1/s1. The molecule has 0 spiro atoms. The maximum absolute atomic E-state index is 12.7. The number of primary sulfonamides is 1. The largest absolute Gasteiger partial charge is 0.452 e. The molecule has 3 N–H and O–H groups in total. The molecule has 1 heterocycles. The molecule has 0 aliphatic carbocycles.